The Hall–Kier alpha value is 0.310. The first-order chi connectivity index (χ1) is 5.66. The van der Waals surface area contributed by atoms with E-state index >= 15 is 0 Å². The molecule has 12 heavy (non-hydrogen) atoms. The van der Waals surface area contributed by atoms with Crippen LogP contribution < -0.4 is 5.32 Å². The summed E-state index contributed by atoms with van der Waals surface area (Å²) in [4.78, 5) is 0. The Morgan fingerprint density at radius 3 is 2.42 bits per heavy atom. The van der Waals surface area contributed by atoms with E-state index in [-0.39, 0.29) is 0 Å². The summed E-state index contributed by atoms with van der Waals surface area (Å²) in [6.07, 6.45) is 1.30. The summed E-state index contributed by atoms with van der Waals surface area (Å²) in [5.41, 5.74) is 0. The average molecular weight is 189 g/mol. The van der Waals surface area contributed by atoms with Gasteiger partial charge in [-0.2, -0.15) is 11.8 Å². The zero-order chi connectivity index (χ0) is 9.40. The van der Waals surface area contributed by atoms with Crippen molar-refractivity contribution in [2.45, 2.75) is 40.2 Å². The van der Waals surface area contributed by atoms with E-state index in [0.717, 1.165) is 12.5 Å². The van der Waals surface area contributed by atoms with Crippen LogP contribution in [0.4, 0.5) is 0 Å². The second-order valence-corrected chi connectivity index (χ2v) is 4.89. The second-order valence-electron chi connectivity index (χ2n) is 3.74. The molecule has 0 spiro atoms. The summed E-state index contributed by atoms with van der Waals surface area (Å²) in [7, 11) is 0. The van der Waals surface area contributed by atoms with Crippen LogP contribution in [-0.2, 0) is 0 Å². The molecule has 0 saturated heterocycles. The molecule has 0 aliphatic rings. The fourth-order valence-corrected chi connectivity index (χ4v) is 1.90. The smallest absolute Gasteiger partial charge is 0.00104 e. The minimum absolute atomic E-state index is 0.628. The summed E-state index contributed by atoms with van der Waals surface area (Å²) >= 11 is 2.07. The van der Waals surface area contributed by atoms with E-state index in [1.165, 1.54) is 17.9 Å². The molecule has 0 aromatic carbocycles. The van der Waals surface area contributed by atoms with Crippen molar-refractivity contribution in [1.29, 1.82) is 0 Å². The Morgan fingerprint density at radius 1 is 1.25 bits per heavy atom. The van der Waals surface area contributed by atoms with E-state index in [2.05, 4.69) is 44.8 Å². The monoisotopic (exact) mass is 189 g/mol. The van der Waals surface area contributed by atoms with Crippen LogP contribution in [0.15, 0.2) is 0 Å². The van der Waals surface area contributed by atoms with Crippen molar-refractivity contribution in [3.8, 4) is 0 Å². The lowest BCUT2D eigenvalue weighted by Crippen LogP contribution is -2.28. The van der Waals surface area contributed by atoms with E-state index in [9.17, 15) is 0 Å². The predicted octanol–water partition coefficient (Wildman–Crippen LogP) is 2.76. The molecule has 0 bridgehead atoms. The molecule has 1 nitrogen and oxygen atoms in total. The lowest BCUT2D eigenvalue weighted by Gasteiger charge is -2.14. The van der Waals surface area contributed by atoms with Gasteiger partial charge in [-0.25, -0.2) is 0 Å². The van der Waals surface area contributed by atoms with E-state index in [1.807, 2.05) is 0 Å². The third-order valence-electron chi connectivity index (χ3n) is 1.63. The zero-order valence-corrected chi connectivity index (χ0v) is 9.71. The van der Waals surface area contributed by atoms with Crippen molar-refractivity contribution in [3.05, 3.63) is 0 Å². The fraction of sp³-hybridized carbons (Fsp3) is 1.00. The molecule has 1 N–H and O–H groups in total. The topological polar surface area (TPSA) is 12.0 Å². The van der Waals surface area contributed by atoms with Gasteiger partial charge in [0.15, 0.2) is 0 Å². The van der Waals surface area contributed by atoms with Gasteiger partial charge in [-0.15, -0.1) is 0 Å². The highest BCUT2D eigenvalue weighted by molar-refractivity contribution is 7.99. The lowest BCUT2D eigenvalue weighted by atomic mass is 10.2. The maximum absolute atomic E-state index is 3.46. The molecule has 2 heteroatoms. The maximum Gasteiger partial charge on any atom is 0.00104 e. The Kier molecular flexibility index (Phi) is 8.14. The van der Waals surface area contributed by atoms with E-state index in [1.54, 1.807) is 0 Å². The number of rotatable bonds is 7. The van der Waals surface area contributed by atoms with Crippen molar-refractivity contribution < 1.29 is 0 Å². The first-order valence-electron chi connectivity index (χ1n) is 4.98. The highest BCUT2D eigenvalue weighted by Crippen LogP contribution is 2.08. The number of hydrogen-bond acceptors (Lipinski definition) is 2. The van der Waals surface area contributed by atoms with Gasteiger partial charge in [0.25, 0.3) is 0 Å². The maximum atomic E-state index is 3.46. The lowest BCUT2D eigenvalue weighted by molar-refractivity contribution is 0.510. The molecule has 74 valence electrons. The minimum atomic E-state index is 0.628. The van der Waals surface area contributed by atoms with Crippen molar-refractivity contribution in [2.75, 3.05) is 18.1 Å². The molecule has 0 aromatic heterocycles. The summed E-state index contributed by atoms with van der Waals surface area (Å²) in [6, 6.07) is 0.628. The molecule has 1 atom stereocenters. The molecule has 0 amide bonds. The number of hydrogen-bond donors (Lipinski definition) is 1. The second kappa shape index (κ2) is 7.93. The van der Waals surface area contributed by atoms with Gasteiger partial charge in [0.2, 0.25) is 0 Å². The molecule has 0 saturated carbocycles. The SMILES string of the molecule is CCCSCC(C)CNC(C)C. The van der Waals surface area contributed by atoms with Gasteiger partial charge >= 0.3 is 0 Å². The van der Waals surface area contributed by atoms with E-state index in [4.69, 9.17) is 0 Å². The van der Waals surface area contributed by atoms with Gasteiger partial charge in [-0.3, -0.25) is 0 Å². The van der Waals surface area contributed by atoms with Gasteiger partial charge in [0, 0.05) is 6.04 Å². The third kappa shape index (κ3) is 8.41. The Balaban J connectivity index is 3.15. The largest absolute Gasteiger partial charge is 0.314 e. The van der Waals surface area contributed by atoms with Gasteiger partial charge in [0.05, 0.1) is 0 Å². The van der Waals surface area contributed by atoms with Gasteiger partial charge in [-0.1, -0.05) is 27.7 Å². The van der Waals surface area contributed by atoms with Crippen LogP contribution in [0.25, 0.3) is 0 Å². The number of thioether (sulfide) groups is 1. The van der Waals surface area contributed by atoms with Crippen LogP contribution in [0.2, 0.25) is 0 Å². The molecule has 0 heterocycles. The minimum Gasteiger partial charge on any atom is -0.314 e. The predicted molar refractivity (Wildman–Crippen MR) is 59.9 cm³/mol. The molecular formula is C10H23NS. The Bertz CT molecular complexity index is 93.8. The van der Waals surface area contributed by atoms with Crippen LogP contribution in [0.5, 0.6) is 0 Å². The molecular weight excluding hydrogens is 166 g/mol. The zero-order valence-electron chi connectivity index (χ0n) is 8.89. The van der Waals surface area contributed by atoms with Gasteiger partial charge in [0.1, 0.15) is 0 Å². The molecule has 0 aliphatic carbocycles. The Labute approximate surface area is 81.7 Å². The molecule has 0 fully saturated rings. The van der Waals surface area contributed by atoms with Crippen LogP contribution in [0.1, 0.15) is 34.1 Å². The summed E-state index contributed by atoms with van der Waals surface area (Å²) in [5, 5.41) is 3.46. The first-order valence-corrected chi connectivity index (χ1v) is 6.13. The van der Waals surface area contributed by atoms with Crippen LogP contribution >= 0.6 is 11.8 Å². The van der Waals surface area contributed by atoms with Crippen LogP contribution in [0, 0.1) is 5.92 Å². The highest BCUT2D eigenvalue weighted by Gasteiger charge is 2.01. The average Bonchev–Trinajstić information content (AvgIpc) is 2.01. The van der Waals surface area contributed by atoms with Crippen molar-refractivity contribution in [3.63, 3.8) is 0 Å². The molecule has 0 aliphatic heterocycles. The molecule has 1 unspecified atom stereocenters. The van der Waals surface area contributed by atoms with Crippen molar-refractivity contribution in [1.82, 2.24) is 5.32 Å². The van der Waals surface area contributed by atoms with Gasteiger partial charge in [-0.05, 0) is 30.4 Å². The summed E-state index contributed by atoms with van der Waals surface area (Å²) in [6.45, 7) is 10.1. The summed E-state index contributed by atoms with van der Waals surface area (Å²) < 4.78 is 0. The third-order valence-corrected chi connectivity index (χ3v) is 3.13. The summed E-state index contributed by atoms with van der Waals surface area (Å²) in [5.74, 6) is 3.42. The highest BCUT2D eigenvalue weighted by atomic mass is 32.2. The molecule has 0 radical (unpaired) electrons. The first kappa shape index (κ1) is 12.3. The van der Waals surface area contributed by atoms with Crippen LogP contribution in [-0.4, -0.2) is 24.1 Å². The quantitative estimate of drug-likeness (QED) is 0.618. The van der Waals surface area contributed by atoms with Crippen LogP contribution in [0.3, 0.4) is 0 Å². The van der Waals surface area contributed by atoms with E-state index in [0.29, 0.717) is 6.04 Å². The molecule has 0 aromatic rings. The number of nitrogens with one attached hydrogen (secondary N) is 1. The Morgan fingerprint density at radius 2 is 1.92 bits per heavy atom. The fourth-order valence-electron chi connectivity index (χ4n) is 0.925. The van der Waals surface area contributed by atoms with Gasteiger partial charge < -0.3 is 5.32 Å². The van der Waals surface area contributed by atoms with E-state index < -0.39 is 0 Å². The molecule has 0 rings (SSSR count). The van der Waals surface area contributed by atoms with Crippen molar-refractivity contribution >= 4 is 11.8 Å². The standard InChI is InChI=1S/C10H23NS/c1-5-6-12-8-10(4)7-11-9(2)3/h9-11H,5-8H2,1-4H3. The van der Waals surface area contributed by atoms with Crippen molar-refractivity contribution in [2.24, 2.45) is 5.92 Å². The normalized spacial score (nSPS) is 13.8.